The number of pyridine rings is 1. The summed E-state index contributed by atoms with van der Waals surface area (Å²) in [6, 6.07) is 2.98. The van der Waals surface area contributed by atoms with Gasteiger partial charge in [0.05, 0.1) is 12.2 Å². The van der Waals surface area contributed by atoms with E-state index in [4.69, 9.17) is 4.74 Å². The molecule has 0 spiro atoms. The van der Waals surface area contributed by atoms with E-state index in [2.05, 4.69) is 4.98 Å². The van der Waals surface area contributed by atoms with Gasteiger partial charge in [-0.05, 0) is 38.3 Å². The van der Waals surface area contributed by atoms with Crippen molar-refractivity contribution in [3.05, 3.63) is 30.1 Å². The number of aromatic nitrogens is 1. The Bertz CT molecular complexity index is 447. The van der Waals surface area contributed by atoms with Crippen molar-refractivity contribution in [2.75, 3.05) is 13.2 Å². The molecule has 5 nitrogen and oxygen atoms in total. The Hall–Kier alpha value is -1.91. The number of esters is 1. The van der Waals surface area contributed by atoms with Gasteiger partial charge in [-0.2, -0.15) is 0 Å². The van der Waals surface area contributed by atoms with E-state index in [9.17, 15) is 9.59 Å². The number of likely N-dealkylation sites (tertiary alicyclic amines) is 1. The van der Waals surface area contributed by atoms with Crippen LogP contribution in [0.15, 0.2) is 24.5 Å². The van der Waals surface area contributed by atoms with E-state index in [1.807, 2.05) is 0 Å². The van der Waals surface area contributed by atoms with Gasteiger partial charge < -0.3 is 9.64 Å². The lowest BCUT2D eigenvalue weighted by atomic mass is 10.0. The maximum atomic E-state index is 12.4. The average Bonchev–Trinajstić information content (AvgIpc) is 2.47. The molecule has 1 aromatic heterocycles. The van der Waals surface area contributed by atoms with Gasteiger partial charge in [0.25, 0.3) is 5.91 Å². The first kappa shape index (κ1) is 13.5. The van der Waals surface area contributed by atoms with Gasteiger partial charge in [-0.3, -0.25) is 9.78 Å². The number of amides is 1. The molecule has 1 fully saturated rings. The van der Waals surface area contributed by atoms with Crippen molar-refractivity contribution >= 4 is 11.9 Å². The van der Waals surface area contributed by atoms with Gasteiger partial charge in [-0.15, -0.1) is 0 Å². The average molecular weight is 262 g/mol. The van der Waals surface area contributed by atoms with Crippen molar-refractivity contribution in [3.8, 4) is 0 Å². The van der Waals surface area contributed by atoms with Gasteiger partial charge >= 0.3 is 5.97 Å². The van der Waals surface area contributed by atoms with Crippen LogP contribution in [0.2, 0.25) is 0 Å². The largest absolute Gasteiger partial charge is 0.464 e. The van der Waals surface area contributed by atoms with Crippen LogP contribution in [0.4, 0.5) is 0 Å². The molecule has 0 radical (unpaired) electrons. The van der Waals surface area contributed by atoms with Crippen LogP contribution in [0, 0.1) is 0 Å². The number of carbonyl (C=O) groups excluding carboxylic acids is 2. The van der Waals surface area contributed by atoms with E-state index < -0.39 is 6.04 Å². The summed E-state index contributed by atoms with van der Waals surface area (Å²) in [6.07, 6.45) is 5.68. The molecule has 5 heteroatoms. The molecule has 1 aromatic rings. The Morgan fingerprint density at radius 3 is 3.00 bits per heavy atom. The third kappa shape index (κ3) is 3.10. The lowest BCUT2D eigenvalue weighted by molar-refractivity contribution is -0.149. The van der Waals surface area contributed by atoms with Gasteiger partial charge in [-0.25, -0.2) is 4.79 Å². The summed E-state index contributed by atoms with van der Waals surface area (Å²) in [7, 11) is 0. The van der Waals surface area contributed by atoms with Crippen LogP contribution in [0.1, 0.15) is 36.5 Å². The molecule has 0 saturated carbocycles. The highest BCUT2D eigenvalue weighted by molar-refractivity contribution is 5.96. The number of nitrogens with zero attached hydrogens (tertiary/aromatic N) is 2. The fraction of sp³-hybridized carbons (Fsp3) is 0.500. The molecule has 1 saturated heterocycles. The molecule has 2 heterocycles. The van der Waals surface area contributed by atoms with Crippen molar-refractivity contribution < 1.29 is 14.3 Å². The quantitative estimate of drug-likeness (QED) is 0.777. The normalized spacial score (nSPS) is 19.0. The standard InChI is InChI=1S/C14H18N2O3/c1-2-19-14(18)12-7-3-4-9-16(12)13(17)11-6-5-8-15-10-11/h5-6,8,10,12H,2-4,7,9H2,1H3. The lowest BCUT2D eigenvalue weighted by Gasteiger charge is -2.33. The zero-order valence-corrected chi connectivity index (χ0v) is 11.0. The van der Waals surface area contributed by atoms with E-state index in [1.54, 1.807) is 30.2 Å². The van der Waals surface area contributed by atoms with Crippen LogP contribution in [0.3, 0.4) is 0 Å². The molecular formula is C14H18N2O3. The van der Waals surface area contributed by atoms with E-state index >= 15 is 0 Å². The second-order valence-corrected chi connectivity index (χ2v) is 4.50. The highest BCUT2D eigenvalue weighted by atomic mass is 16.5. The van der Waals surface area contributed by atoms with Gasteiger partial charge in [-0.1, -0.05) is 0 Å². The Balaban J connectivity index is 2.15. The molecule has 1 amide bonds. The summed E-state index contributed by atoms with van der Waals surface area (Å²) >= 11 is 0. The molecule has 1 aliphatic rings. The SMILES string of the molecule is CCOC(=O)C1CCCCN1C(=O)c1cccnc1. The minimum atomic E-state index is -0.457. The second-order valence-electron chi connectivity index (χ2n) is 4.50. The predicted molar refractivity (Wildman–Crippen MR) is 69.5 cm³/mol. The van der Waals surface area contributed by atoms with Crippen LogP contribution in [0.5, 0.6) is 0 Å². The number of carbonyl (C=O) groups is 2. The van der Waals surface area contributed by atoms with Crippen molar-refractivity contribution in [1.82, 2.24) is 9.88 Å². The number of hydrogen-bond donors (Lipinski definition) is 0. The first-order valence-corrected chi connectivity index (χ1v) is 6.61. The van der Waals surface area contributed by atoms with Crippen LogP contribution in [-0.4, -0.2) is 41.0 Å². The number of piperidine rings is 1. The smallest absolute Gasteiger partial charge is 0.328 e. The molecule has 19 heavy (non-hydrogen) atoms. The first-order valence-electron chi connectivity index (χ1n) is 6.61. The molecule has 0 N–H and O–H groups in total. The predicted octanol–water partition coefficient (Wildman–Crippen LogP) is 1.64. The third-order valence-electron chi connectivity index (χ3n) is 3.23. The molecule has 2 rings (SSSR count). The summed E-state index contributed by atoms with van der Waals surface area (Å²) in [5.74, 6) is -0.453. The highest BCUT2D eigenvalue weighted by Crippen LogP contribution is 2.20. The Labute approximate surface area is 112 Å². The first-order chi connectivity index (χ1) is 9.24. The van der Waals surface area contributed by atoms with Gasteiger partial charge in [0.1, 0.15) is 6.04 Å². The van der Waals surface area contributed by atoms with E-state index in [-0.39, 0.29) is 11.9 Å². The fourth-order valence-corrected chi connectivity index (χ4v) is 2.31. The fourth-order valence-electron chi connectivity index (χ4n) is 2.31. The molecule has 1 aliphatic heterocycles. The van der Waals surface area contributed by atoms with Crippen LogP contribution < -0.4 is 0 Å². The van der Waals surface area contributed by atoms with Crippen molar-refractivity contribution in [2.24, 2.45) is 0 Å². The van der Waals surface area contributed by atoms with E-state index in [0.29, 0.717) is 25.1 Å². The maximum absolute atomic E-state index is 12.4. The number of rotatable bonds is 3. The van der Waals surface area contributed by atoms with Crippen molar-refractivity contribution in [1.29, 1.82) is 0 Å². The monoisotopic (exact) mass is 262 g/mol. The molecule has 1 unspecified atom stereocenters. The van der Waals surface area contributed by atoms with Crippen molar-refractivity contribution in [3.63, 3.8) is 0 Å². The summed E-state index contributed by atoms with van der Waals surface area (Å²) in [6.45, 7) is 2.70. The topological polar surface area (TPSA) is 59.5 Å². The Morgan fingerprint density at radius 1 is 1.47 bits per heavy atom. The van der Waals surface area contributed by atoms with Crippen molar-refractivity contribution in [2.45, 2.75) is 32.2 Å². The maximum Gasteiger partial charge on any atom is 0.328 e. The summed E-state index contributed by atoms with van der Waals surface area (Å²) in [5, 5.41) is 0. The van der Waals surface area contributed by atoms with E-state index in [0.717, 1.165) is 12.8 Å². The van der Waals surface area contributed by atoms with Crippen LogP contribution in [0.25, 0.3) is 0 Å². The molecule has 102 valence electrons. The zero-order valence-electron chi connectivity index (χ0n) is 11.0. The minimum Gasteiger partial charge on any atom is -0.464 e. The minimum absolute atomic E-state index is 0.147. The molecule has 0 aliphatic carbocycles. The molecule has 1 atom stereocenters. The summed E-state index contributed by atoms with van der Waals surface area (Å²) < 4.78 is 5.05. The Kier molecular flexibility index (Phi) is 4.49. The molecular weight excluding hydrogens is 244 g/mol. The molecule has 0 aromatic carbocycles. The lowest BCUT2D eigenvalue weighted by Crippen LogP contribution is -2.48. The van der Waals surface area contributed by atoms with Gasteiger partial charge in [0.2, 0.25) is 0 Å². The number of hydrogen-bond acceptors (Lipinski definition) is 4. The third-order valence-corrected chi connectivity index (χ3v) is 3.23. The van der Waals surface area contributed by atoms with E-state index in [1.165, 1.54) is 6.20 Å². The summed E-state index contributed by atoms with van der Waals surface area (Å²) in [4.78, 5) is 29.9. The van der Waals surface area contributed by atoms with Crippen LogP contribution in [-0.2, 0) is 9.53 Å². The van der Waals surface area contributed by atoms with Crippen LogP contribution >= 0.6 is 0 Å². The number of ether oxygens (including phenoxy) is 1. The van der Waals surface area contributed by atoms with Gasteiger partial charge in [0, 0.05) is 18.9 Å². The Morgan fingerprint density at radius 2 is 2.32 bits per heavy atom. The zero-order chi connectivity index (χ0) is 13.7. The second kappa shape index (κ2) is 6.31. The molecule has 0 bridgehead atoms. The summed E-state index contributed by atoms with van der Waals surface area (Å²) in [5.41, 5.74) is 0.513. The highest BCUT2D eigenvalue weighted by Gasteiger charge is 2.33. The van der Waals surface area contributed by atoms with Gasteiger partial charge in [0.15, 0.2) is 0 Å².